The Morgan fingerprint density at radius 1 is 1.22 bits per heavy atom. The molecule has 0 saturated heterocycles. The summed E-state index contributed by atoms with van der Waals surface area (Å²) in [6.07, 6.45) is 1.21. The van der Waals surface area contributed by atoms with E-state index in [0.29, 0.717) is 6.07 Å². The number of benzene rings is 1. The molecule has 0 atom stereocenters. The van der Waals surface area contributed by atoms with Gasteiger partial charge in [-0.1, -0.05) is 5.21 Å². The van der Waals surface area contributed by atoms with E-state index in [9.17, 15) is 18.3 Å². The summed E-state index contributed by atoms with van der Waals surface area (Å²) in [6.45, 7) is 2.92. The van der Waals surface area contributed by atoms with Crippen LogP contribution in [-0.2, 0) is 5.60 Å². The molecule has 0 amide bonds. The monoisotopic (exact) mass is 257 g/mol. The Hall–Kier alpha value is -1.89. The number of nitrogens with zero attached hydrogens (tertiary/aromatic N) is 3. The molecule has 2 aromatic rings. The Bertz CT molecular complexity index is 590. The zero-order valence-corrected chi connectivity index (χ0v) is 9.65. The minimum Gasteiger partial charge on any atom is -0.384 e. The first-order valence-corrected chi connectivity index (χ1v) is 5.09. The Balaban J connectivity index is 2.53. The molecule has 0 unspecified atom stereocenters. The first-order valence-electron chi connectivity index (χ1n) is 5.09. The molecule has 1 heterocycles. The highest BCUT2D eigenvalue weighted by atomic mass is 19.2. The number of halogens is 3. The van der Waals surface area contributed by atoms with Crippen LogP contribution in [0.5, 0.6) is 0 Å². The predicted octanol–water partition coefficient (Wildman–Crippen LogP) is 1.91. The summed E-state index contributed by atoms with van der Waals surface area (Å²) in [6, 6.07) is 1.23. The molecule has 2 rings (SSSR count). The van der Waals surface area contributed by atoms with Crippen molar-refractivity contribution >= 4 is 0 Å². The summed E-state index contributed by atoms with van der Waals surface area (Å²) in [4.78, 5) is 0. The van der Waals surface area contributed by atoms with Crippen LogP contribution in [0, 0.1) is 17.5 Å². The minimum atomic E-state index is -1.31. The van der Waals surface area contributed by atoms with Crippen molar-refractivity contribution in [1.82, 2.24) is 15.0 Å². The molecule has 1 aromatic heterocycles. The maximum absolute atomic E-state index is 13.5. The van der Waals surface area contributed by atoms with Crippen LogP contribution in [0.2, 0.25) is 0 Å². The summed E-state index contributed by atoms with van der Waals surface area (Å²) in [5.41, 5.74) is -1.53. The van der Waals surface area contributed by atoms with Gasteiger partial charge in [-0.2, -0.15) is 0 Å². The van der Waals surface area contributed by atoms with Crippen LogP contribution < -0.4 is 0 Å². The first kappa shape index (κ1) is 12.6. The second kappa shape index (κ2) is 4.09. The van der Waals surface area contributed by atoms with Crippen molar-refractivity contribution in [2.24, 2.45) is 0 Å². The van der Waals surface area contributed by atoms with Crippen molar-refractivity contribution in [3.8, 4) is 5.69 Å². The van der Waals surface area contributed by atoms with E-state index in [-0.39, 0.29) is 5.69 Å². The summed E-state index contributed by atoms with van der Waals surface area (Å²) in [5.74, 6) is -3.47. The van der Waals surface area contributed by atoms with E-state index in [2.05, 4.69) is 10.3 Å². The van der Waals surface area contributed by atoms with Gasteiger partial charge in [0.25, 0.3) is 0 Å². The Morgan fingerprint density at radius 2 is 1.89 bits per heavy atom. The molecule has 0 spiro atoms. The molecule has 0 radical (unpaired) electrons. The molecule has 18 heavy (non-hydrogen) atoms. The molecular weight excluding hydrogens is 247 g/mol. The summed E-state index contributed by atoms with van der Waals surface area (Å²) < 4.78 is 40.4. The molecule has 0 aliphatic carbocycles. The van der Waals surface area contributed by atoms with Crippen molar-refractivity contribution in [1.29, 1.82) is 0 Å². The number of hydrogen-bond acceptors (Lipinski definition) is 3. The zero-order chi connectivity index (χ0) is 13.5. The zero-order valence-electron chi connectivity index (χ0n) is 9.65. The lowest BCUT2D eigenvalue weighted by atomic mass is 10.1. The standard InChI is InChI=1S/C11H10F3N3O/c1-11(2,18)9-5-17(16-15-9)8-4-6(12)3-7(13)10(8)14/h3-5,18H,1-2H3. The second-order valence-corrected chi connectivity index (χ2v) is 4.33. The predicted molar refractivity (Wildman–Crippen MR) is 56.5 cm³/mol. The molecule has 96 valence electrons. The highest BCUT2D eigenvalue weighted by Crippen LogP contribution is 2.21. The van der Waals surface area contributed by atoms with E-state index in [0.717, 1.165) is 10.7 Å². The van der Waals surface area contributed by atoms with Crippen molar-refractivity contribution in [3.63, 3.8) is 0 Å². The van der Waals surface area contributed by atoms with E-state index < -0.39 is 28.7 Å². The summed E-state index contributed by atoms with van der Waals surface area (Å²) in [7, 11) is 0. The molecule has 7 heteroatoms. The molecule has 0 saturated carbocycles. The van der Waals surface area contributed by atoms with E-state index in [1.54, 1.807) is 0 Å². The summed E-state index contributed by atoms with van der Waals surface area (Å²) >= 11 is 0. The van der Waals surface area contributed by atoms with Gasteiger partial charge < -0.3 is 5.11 Å². The average molecular weight is 257 g/mol. The van der Waals surface area contributed by atoms with Gasteiger partial charge in [-0.05, 0) is 13.8 Å². The maximum atomic E-state index is 13.5. The van der Waals surface area contributed by atoms with Gasteiger partial charge >= 0.3 is 0 Å². The Labute approximate surface area is 101 Å². The van der Waals surface area contributed by atoms with Crippen LogP contribution >= 0.6 is 0 Å². The SMILES string of the molecule is CC(C)(O)c1cn(-c2cc(F)cc(F)c2F)nn1. The highest BCUT2D eigenvalue weighted by Gasteiger charge is 2.22. The number of aliphatic hydroxyl groups is 1. The normalized spacial score (nSPS) is 11.9. The lowest BCUT2D eigenvalue weighted by Crippen LogP contribution is -2.15. The molecule has 1 N–H and O–H groups in total. The molecule has 1 aromatic carbocycles. The third-order valence-corrected chi connectivity index (χ3v) is 2.34. The fraction of sp³-hybridized carbons (Fsp3) is 0.273. The number of hydrogen-bond donors (Lipinski definition) is 1. The Kier molecular flexibility index (Phi) is 2.86. The molecule has 0 aliphatic heterocycles. The van der Waals surface area contributed by atoms with E-state index in [1.807, 2.05) is 0 Å². The van der Waals surface area contributed by atoms with Crippen LogP contribution in [0.1, 0.15) is 19.5 Å². The van der Waals surface area contributed by atoms with Gasteiger partial charge in [0.15, 0.2) is 11.6 Å². The van der Waals surface area contributed by atoms with Crippen LogP contribution in [0.3, 0.4) is 0 Å². The van der Waals surface area contributed by atoms with E-state index in [4.69, 9.17) is 0 Å². The van der Waals surface area contributed by atoms with Gasteiger partial charge in [-0.3, -0.25) is 0 Å². The van der Waals surface area contributed by atoms with Crippen molar-refractivity contribution in [2.75, 3.05) is 0 Å². The van der Waals surface area contributed by atoms with Gasteiger partial charge in [0.1, 0.15) is 22.8 Å². The first-order chi connectivity index (χ1) is 8.29. The van der Waals surface area contributed by atoms with E-state index >= 15 is 0 Å². The van der Waals surface area contributed by atoms with Crippen molar-refractivity contribution in [3.05, 3.63) is 41.5 Å². The van der Waals surface area contributed by atoms with Gasteiger partial charge in [-0.25, -0.2) is 17.9 Å². The van der Waals surface area contributed by atoms with Crippen LogP contribution in [0.4, 0.5) is 13.2 Å². The largest absolute Gasteiger partial charge is 0.384 e. The molecule has 4 nitrogen and oxygen atoms in total. The number of aromatic nitrogens is 3. The third kappa shape index (κ3) is 2.21. The minimum absolute atomic E-state index is 0.159. The van der Waals surface area contributed by atoms with Gasteiger partial charge in [-0.15, -0.1) is 5.10 Å². The molecular formula is C11H10F3N3O. The van der Waals surface area contributed by atoms with Gasteiger partial charge in [0, 0.05) is 12.1 Å². The maximum Gasteiger partial charge on any atom is 0.184 e. The second-order valence-electron chi connectivity index (χ2n) is 4.33. The van der Waals surface area contributed by atoms with Crippen molar-refractivity contribution < 1.29 is 18.3 Å². The van der Waals surface area contributed by atoms with Crippen LogP contribution in [0.25, 0.3) is 5.69 Å². The van der Waals surface area contributed by atoms with Gasteiger partial charge in [0.05, 0.1) is 6.20 Å². The topological polar surface area (TPSA) is 50.9 Å². The lowest BCUT2D eigenvalue weighted by Gasteiger charge is -2.11. The lowest BCUT2D eigenvalue weighted by molar-refractivity contribution is 0.0737. The fourth-order valence-electron chi connectivity index (χ4n) is 1.37. The summed E-state index contributed by atoms with van der Waals surface area (Å²) in [5, 5.41) is 16.8. The van der Waals surface area contributed by atoms with Crippen LogP contribution in [-0.4, -0.2) is 20.1 Å². The van der Waals surface area contributed by atoms with Crippen molar-refractivity contribution in [2.45, 2.75) is 19.4 Å². The van der Waals surface area contributed by atoms with Crippen LogP contribution in [0.15, 0.2) is 18.3 Å². The molecule has 0 fully saturated rings. The average Bonchev–Trinajstić information content (AvgIpc) is 2.71. The molecule has 0 aliphatic rings. The smallest absolute Gasteiger partial charge is 0.184 e. The Morgan fingerprint density at radius 3 is 2.44 bits per heavy atom. The third-order valence-electron chi connectivity index (χ3n) is 2.34. The van der Waals surface area contributed by atoms with E-state index in [1.165, 1.54) is 20.0 Å². The molecule has 0 bridgehead atoms. The quantitative estimate of drug-likeness (QED) is 0.836. The fourth-order valence-corrected chi connectivity index (χ4v) is 1.37. The van der Waals surface area contributed by atoms with Gasteiger partial charge in [0.2, 0.25) is 0 Å². The highest BCUT2D eigenvalue weighted by molar-refractivity contribution is 5.34. The number of rotatable bonds is 2.